The Balaban J connectivity index is 1.30. The quantitative estimate of drug-likeness (QED) is 0.206. The monoisotopic (exact) mass is 683 g/mol. The molecule has 0 bridgehead atoms. The maximum absolute atomic E-state index is 13.8. The van der Waals surface area contributed by atoms with Gasteiger partial charge in [-0.05, 0) is 66.9 Å². The molecule has 0 saturated carbocycles. The number of anilines is 2. The highest BCUT2D eigenvalue weighted by Gasteiger charge is 2.57. The number of aromatic nitrogens is 1. The van der Waals surface area contributed by atoms with E-state index in [-0.39, 0.29) is 29.8 Å². The van der Waals surface area contributed by atoms with Crippen LogP contribution >= 0.6 is 50.4 Å². The van der Waals surface area contributed by atoms with Gasteiger partial charge in [-0.1, -0.05) is 45.1 Å². The average molecular weight is 685 g/mol. The molecule has 1 fully saturated rings. The molecule has 3 atom stereocenters. The van der Waals surface area contributed by atoms with Crippen molar-refractivity contribution in [3.8, 4) is 0 Å². The molecule has 6 rings (SSSR count). The van der Waals surface area contributed by atoms with Gasteiger partial charge in [0.05, 0.1) is 28.8 Å². The van der Waals surface area contributed by atoms with Gasteiger partial charge in [0.1, 0.15) is 11.8 Å². The highest BCUT2D eigenvalue weighted by molar-refractivity contribution is 9.10. The predicted octanol–water partition coefficient (Wildman–Crippen LogP) is 5.35. The summed E-state index contributed by atoms with van der Waals surface area (Å²) in [5, 5.41) is 4.44. The fourth-order valence-corrected chi connectivity index (χ4v) is 9.11. The lowest BCUT2D eigenvalue weighted by molar-refractivity contribution is -0.122. The summed E-state index contributed by atoms with van der Waals surface area (Å²) in [4.78, 5) is 68.3. The molecule has 0 aliphatic carbocycles. The van der Waals surface area contributed by atoms with Gasteiger partial charge >= 0.3 is 10.8 Å². The molecule has 4 heterocycles. The van der Waals surface area contributed by atoms with Crippen LogP contribution in [0.2, 0.25) is 0 Å². The molecule has 4 aromatic rings. The van der Waals surface area contributed by atoms with Crippen molar-refractivity contribution >= 4 is 85.4 Å². The number of nitrogens with zero attached hydrogens (tertiary/aromatic N) is 2. The number of ether oxygens (including phenoxy) is 1. The summed E-state index contributed by atoms with van der Waals surface area (Å²) in [7, 11) is 0. The maximum atomic E-state index is 13.8. The molecule has 0 radical (unpaired) electrons. The van der Waals surface area contributed by atoms with Crippen molar-refractivity contribution in [1.29, 1.82) is 0 Å². The van der Waals surface area contributed by atoms with Gasteiger partial charge in [-0.15, -0.1) is 11.3 Å². The van der Waals surface area contributed by atoms with E-state index >= 15 is 0 Å². The number of rotatable bonds is 7. The summed E-state index contributed by atoms with van der Waals surface area (Å²) < 4.78 is 7.19. The molecule has 214 valence electrons. The number of nitrogens with one attached hydrogen (secondary N) is 1. The third-order valence-electron chi connectivity index (χ3n) is 6.97. The number of carbonyl (C=O) groups is 4. The van der Waals surface area contributed by atoms with Crippen molar-refractivity contribution < 1.29 is 23.9 Å². The summed E-state index contributed by atoms with van der Waals surface area (Å²) >= 11 is 7.04. The largest absolute Gasteiger partial charge is 0.462 e. The number of amides is 3. The van der Waals surface area contributed by atoms with E-state index in [4.69, 9.17) is 4.74 Å². The van der Waals surface area contributed by atoms with E-state index in [1.165, 1.54) is 32.6 Å². The number of thiazole rings is 1. The van der Waals surface area contributed by atoms with E-state index in [0.717, 1.165) is 20.7 Å². The molecule has 0 spiro atoms. The molecule has 13 heteroatoms. The highest BCUT2D eigenvalue weighted by Crippen LogP contribution is 2.54. The first-order chi connectivity index (χ1) is 20.3. The zero-order valence-corrected chi connectivity index (χ0v) is 26.0. The summed E-state index contributed by atoms with van der Waals surface area (Å²) in [5.74, 6) is -2.72. The third kappa shape index (κ3) is 5.14. The first-order valence-electron chi connectivity index (χ1n) is 12.9. The van der Waals surface area contributed by atoms with Crippen molar-refractivity contribution in [3.63, 3.8) is 0 Å². The van der Waals surface area contributed by atoms with E-state index in [1.807, 2.05) is 17.5 Å². The Kier molecular flexibility index (Phi) is 7.92. The van der Waals surface area contributed by atoms with Crippen LogP contribution in [0.1, 0.15) is 33.0 Å². The summed E-state index contributed by atoms with van der Waals surface area (Å²) in [5.41, 5.74) is 1.30. The number of carbonyl (C=O) groups excluding carboxylic acids is 4. The van der Waals surface area contributed by atoms with Gasteiger partial charge in [0, 0.05) is 25.8 Å². The number of hydrogen-bond acceptors (Lipinski definition) is 9. The van der Waals surface area contributed by atoms with Crippen LogP contribution in [0.3, 0.4) is 0 Å². The van der Waals surface area contributed by atoms with Gasteiger partial charge in [-0.3, -0.25) is 23.7 Å². The standard InChI is InChI=1S/C29H22BrN3O6S3/c1-2-39-28(37)15-5-9-17(10-6-15)31-20(34)14-32-27-24(42-29(32)38)21(19-4-3-13-40-19)22-23(41-27)26(36)33(25(22)35)18-11-7-16(30)8-12-18/h3-13,21-23H,2,14H2,1H3,(H,31,34)/t21-,22?,23?/m1/s1. The minimum Gasteiger partial charge on any atom is -0.462 e. The molecule has 1 saturated heterocycles. The van der Waals surface area contributed by atoms with Crippen LogP contribution in [0.15, 0.2) is 80.3 Å². The van der Waals surface area contributed by atoms with Gasteiger partial charge in [0.15, 0.2) is 0 Å². The minimum atomic E-state index is -0.750. The number of thiophene rings is 1. The number of hydrogen-bond donors (Lipinski definition) is 1. The van der Waals surface area contributed by atoms with Crippen LogP contribution in [-0.2, 0) is 25.7 Å². The van der Waals surface area contributed by atoms with Crippen LogP contribution < -0.4 is 15.1 Å². The van der Waals surface area contributed by atoms with Gasteiger partial charge in [0.2, 0.25) is 17.7 Å². The Morgan fingerprint density at radius 3 is 2.40 bits per heavy atom. The predicted molar refractivity (Wildman–Crippen MR) is 166 cm³/mol. The summed E-state index contributed by atoms with van der Waals surface area (Å²) in [6, 6.07) is 17.1. The number of esters is 1. The Bertz CT molecular complexity index is 1750. The Hall–Kier alpha value is -3.52. The van der Waals surface area contributed by atoms with Crippen molar-refractivity contribution in [2.45, 2.75) is 29.7 Å². The van der Waals surface area contributed by atoms with E-state index < -0.39 is 29.0 Å². The van der Waals surface area contributed by atoms with Crippen LogP contribution in [0.5, 0.6) is 0 Å². The number of thioether (sulfide) groups is 1. The molecular formula is C29H22BrN3O6S3. The van der Waals surface area contributed by atoms with Crippen molar-refractivity contribution in [1.82, 2.24) is 4.57 Å². The van der Waals surface area contributed by atoms with Gasteiger partial charge in [-0.2, -0.15) is 0 Å². The Morgan fingerprint density at radius 1 is 1.00 bits per heavy atom. The van der Waals surface area contributed by atoms with Gasteiger partial charge in [0.25, 0.3) is 0 Å². The first kappa shape index (κ1) is 28.6. The molecule has 42 heavy (non-hydrogen) atoms. The van der Waals surface area contributed by atoms with Gasteiger partial charge < -0.3 is 10.1 Å². The zero-order chi connectivity index (χ0) is 29.5. The van der Waals surface area contributed by atoms with Crippen LogP contribution in [0, 0.1) is 5.92 Å². The average Bonchev–Trinajstić information content (AvgIpc) is 3.67. The fourth-order valence-electron chi connectivity index (χ4n) is 5.12. The smallest absolute Gasteiger partial charge is 0.338 e. The lowest BCUT2D eigenvalue weighted by atomic mass is 9.87. The molecule has 2 unspecified atom stereocenters. The second-order valence-corrected chi connectivity index (χ2v) is 13.5. The molecule has 2 aliphatic rings. The number of benzene rings is 2. The number of fused-ring (bicyclic) bond motifs is 2. The van der Waals surface area contributed by atoms with Gasteiger partial charge in [-0.25, -0.2) is 9.69 Å². The highest BCUT2D eigenvalue weighted by atomic mass is 79.9. The summed E-state index contributed by atoms with van der Waals surface area (Å²) in [6.07, 6.45) is 0. The topological polar surface area (TPSA) is 115 Å². The molecule has 9 nitrogen and oxygen atoms in total. The molecule has 2 aliphatic heterocycles. The molecular weight excluding hydrogens is 662 g/mol. The summed E-state index contributed by atoms with van der Waals surface area (Å²) in [6.45, 7) is 1.70. The van der Waals surface area contributed by atoms with E-state index in [0.29, 0.717) is 26.8 Å². The van der Waals surface area contributed by atoms with E-state index in [2.05, 4.69) is 21.2 Å². The van der Waals surface area contributed by atoms with Crippen molar-refractivity contribution in [2.75, 3.05) is 16.8 Å². The van der Waals surface area contributed by atoms with E-state index in [1.54, 1.807) is 55.5 Å². The SMILES string of the molecule is CCOC(=O)c1ccc(NC(=O)Cn2c3c(sc2=O)[C@H](c2cccs2)C2C(=O)N(c4ccc(Br)cc4)C(=O)C2S3)cc1. The van der Waals surface area contributed by atoms with Crippen LogP contribution in [0.4, 0.5) is 11.4 Å². The van der Waals surface area contributed by atoms with Crippen LogP contribution in [-0.4, -0.2) is 40.1 Å². The molecule has 1 N–H and O–H groups in total. The fraction of sp³-hybridized carbons (Fsp3) is 0.207. The second-order valence-electron chi connectivity index (χ2n) is 9.52. The number of halogens is 1. The van der Waals surface area contributed by atoms with E-state index in [9.17, 15) is 24.0 Å². The third-order valence-corrected chi connectivity index (χ3v) is 11.1. The van der Waals surface area contributed by atoms with Crippen LogP contribution in [0.25, 0.3) is 0 Å². The Labute approximate surface area is 260 Å². The zero-order valence-electron chi connectivity index (χ0n) is 21.9. The van der Waals surface area contributed by atoms with Crippen molar-refractivity contribution in [2.24, 2.45) is 5.92 Å². The number of imide groups is 1. The Morgan fingerprint density at radius 2 is 1.74 bits per heavy atom. The normalized spacial score (nSPS) is 19.4. The first-order valence-corrected chi connectivity index (χ1v) is 16.3. The second kappa shape index (κ2) is 11.6. The molecule has 2 aromatic heterocycles. The lowest BCUT2D eigenvalue weighted by Gasteiger charge is -2.29. The lowest BCUT2D eigenvalue weighted by Crippen LogP contribution is -2.32. The molecule has 2 aromatic carbocycles. The minimum absolute atomic E-state index is 0.256. The van der Waals surface area contributed by atoms with Crippen molar-refractivity contribution in [3.05, 3.63) is 95.5 Å². The molecule has 3 amide bonds. The maximum Gasteiger partial charge on any atom is 0.338 e.